The zero-order chi connectivity index (χ0) is 24.2. The third-order valence-electron chi connectivity index (χ3n) is 5.34. The van der Waals surface area contributed by atoms with Gasteiger partial charge in [-0.05, 0) is 56.0 Å². The summed E-state index contributed by atoms with van der Waals surface area (Å²) in [6, 6.07) is 10.5. The number of nitrogens with one attached hydrogen (secondary N) is 2. The fourth-order valence-electron chi connectivity index (χ4n) is 3.92. The van der Waals surface area contributed by atoms with Crippen LogP contribution in [0.3, 0.4) is 0 Å². The number of rotatable bonds is 6. The second-order valence-electron chi connectivity index (χ2n) is 8.04. The molecule has 0 spiro atoms. The Morgan fingerprint density at radius 1 is 1.06 bits per heavy atom. The second-order valence-corrected chi connectivity index (χ2v) is 10.3. The molecule has 2 amide bonds. The average molecular weight is 494 g/mol. The molecule has 2 aromatic carbocycles. The van der Waals surface area contributed by atoms with E-state index in [9.17, 15) is 18.0 Å². The van der Waals surface area contributed by atoms with Crippen LogP contribution < -0.4 is 10.6 Å². The van der Waals surface area contributed by atoms with E-state index in [1.807, 2.05) is 19.1 Å². The highest BCUT2D eigenvalue weighted by atomic mass is 35.5. The van der Waals surface area contributed by atoms with Gasteiger partial charge in [0.15, 0.2) is 0 Å². The second kappa shape index (κ2) is 10.6. The molecule has 0 bridgehead atoms. The minimum atomic E-state index is -3.86. The summed E-state index contributed by atoms with van der Waals surface area (Å²) in [4.78, 5) is 24.7. The van der Waals surface area contributed by atoms with E-state index in [0.717, 1.165) is 11.1 Å². The Hall–Kier alpha value is -2.46. The number of carbonyl (C=O) groups is 2. The molecule has 0 radical (unpaired) electrons. The lowest BCUT2D eigenvalue weighted by Crippen LogP contribution is -2.53. The molecule has 1 atom stereocenters. The number of hydrogen-bond acceptors (Lipinski definition) is 5. The normalized spacial score (nSPS) is 16.9. The smallest absolute Gasteiger partial charge is 0.309 e. The van der Waals surface area contributed by atoms with Crippen LogP contribution in [0.25, 0.3) is 0 Å². The van der Waals surface area contributed by atoms with Gasteiger partial charge in [0.25, 0.3) is 0 Å². The summed E-state index contributed by atoms with van der Waals surface area (Å²) in [5.74, 6) is -1.68. The van der Waals surface area contributed by atoms with Crippen molar-refractivity contribution in [2.24, 2.45) is 0 Å². The average Bonchev–Trinajstić information content (AvgIpc) is 2.76. The van der Waals surface area contributed by atoms with E-state index in [1.54, 1.807) is 38.1 Å². The number of halogens is 1. The number of ether oxygens (including phenoxy) is 1. The molecule has 33 heavy (non-hydrogen) atoms. The molecule has 10 heteroatoms. The Morgan fingerprint density at radius 3 is 2.30 bits per heavy atom. The van der Waals surface area contributed by atoms with Crippen molar-refractivity contribution in [2.45, 2.75) is 44.9 Å². The zero-order valence-electron chi connectivity index (χ0n) is 18.9. The highest BCUT2D eigenvalue weighted by molar-refractivity contribution is 7.89. The molecule has 1 saturated heterocycles. The van der Waals surface area contributed by atoms with Crippen molar-refractivity contribution in [2.75, 3.05) is 19.7 Å². The van der Waals surface area contributed by atoms with Crippen LogP contribution in [-0.2, 0) is 30.9 Å². The molecule has 2 N–H and O–H groups in total. The van der Waals surface area contributed by atoms with Crippen molar-refractivity contribution in [3.8, 4) is 0 Å². The van der Waals surface area contributed by atoms with Crippen molar-refractivity contribution in [1.82, 2.24) is 14.9 Å². The molecule has 1 fully saturated rings. The molecule has 1 aliphatic heterocycles. The molecule has 1 aliphatic rings. The summed E-state index contributed by atoms with van der Waals surface area (Å²) in [5.41, 5.74) is 3.08. The minimum absolute atomic E-state index is 0.142. The molecule has 0 aliphatic carbocycles. The van der Waals surface area contributed by atoms with Crippen molar-refractivity contribution < 1.29 is 22.7 Å². The topological polar surface area (TPSA) is 105 Å². The highest BCUT2D eigenvalue weighted by Crippen LogP contribution is 2.28. The van der Waals surface area contributed by atoms with Gasteiger partial charge in [0.2, 0.25) is 10.0 Å². The molecule has 0 saturated carbocycles. The van der Waals surface area contributed by atoms with Crippen molar-refractivity contribution in [1.29, 1.82) is 0 Å². The number of hydrogen-bond donors (Lipinski definition) is 2. The van der Waals surface area contributed by atoms with Crippen LogP contribution in [0, 0.1) is 20.8 Å². The monoisotopic (exact) mass is 493 g/mol. The number of carbonyl (C=O) groups excluding carboxylic acids is 2. The molecule has 178 valence electrons. The Morgan fingerprint density at radius 2 is 1.67 bits per heavy atom. The number of nitrogens with zero attached hydrogens (tertiary/aromatic N) is 1. The van der Waals surface area contributed by atoms with Gasteiger partial charge in [0.1, 0.15) is 6.23 Å². The number of benzene rings is 2. The first-order valence-corrected chi connectivity index (χ1v) is 12.4. The van der Waals surface area contributed by atoms with Crippen molar-refractivity contribution in [3.05, 3.63) is 63.7 Å². The SMILES string of the molecule is Cc1cc(C)c(S(=O)(=O)N2CCCOC2CNC(=O)C(=O)NCc2ccc(Cl)cc2)c(C)c1. The molecular weight excluding hydrogens is 466 g/mol. The fraction of sp³-hybridized carbons (Fsp3) is 0.391. The maximum atomic E-state index is 13.5. The summed E-state index contributed by atoms with van der Waals surface area (Å²) in [7, 11) is -3.86. The number of sulfonamides is 1. The maximum Gasteiger partial charge on any atom is 0.309 e. The van der Waals surface area contributed by atoms with Gasteiger partial charge in [-0.15, -0.1) is 0 Å². The lowest BCUT2D eigenvalue weighted by molar-refractivity contribution is -0.140. The Labute approximate surface area is 199 Å². The van der Waals surface area contributed by atoms with E-state index in [0.29, 0.717) is 29.2 Å². The predicted molar refractivity (Wildman–Crippen MR) is 125 cm³/mol. The fourth-order valence-corrected chi connectivity index (χ4v) is 6.03. The molecule has 1 heterocycles. The highest BCUT2D eigenvalue weighted by Gasteiger charge is 2.36. The van der Waals surface area contributed by atoms with E-state index in [4.69, 9.17) is 16.3 Å². The summed E-state index contributed by atoms with van der Waals surface area (Å²) in [5, 5.41) is 5.59. The lowest BCUT2D eigenvalue weighted by Gasteiger charge is -2.35. The molecule has 3 rings (SSSR count). The molecule has 1 unspecified atom stereocenters. The third kappa shape index (κ3) is 6.11. The van der Waals surface area contributed by atoms with Gasteiger partial charge in [-0.3, -0.25) is 9.59 Å². The van der Waals surface area contributed by atoms with Crippen LogP contribution in [0.1, 0.15) is 28.7 Å². The third-order valence-corrected chi connectivity index (χ3v) is 7.78. The van der Waals surface area contributed by atoms with E-state index < -0.39 is 28.1 Å². The predicted octanol–water partition coefficient (Wildman–Crippen LogP) is 2.43. The first-order valence-electron chi connectivity index (χ1n) is 10.6. The van der Waals surface area contributed by atoms with Gasteiger partial charge in [-0.2, -0.15) is 4.31 Å². The van der Waals surface area contributed by atoms with Crippen LogP contribution >= 0.6 is 11.6 Å². The van der Waals surface area contributed by atoms with Crippen molar-refractivity contribution >= 4 is 33.4 Å². The van der Waals surface area contributed by atoms with Crippen LogP contribution in [-0.4, -0.2) is 50.5 Å². The van der Waals surface area contributed by atoms with Gasteiger partial charge in [-0.25, -0.2) is 8.42 Å². The van der Waals surface area contributed by atoms with Gasteiger partial charge in [0, 0.05) is 18.1 Å². The quantitative estimate of drug-likeness (QED) is 0.601. The van der Waals surface area contributed by atoms with E-state index in [2.05, 4.69) is 10.6 Å². The summed E-state index contributed by atoms with van der Waals surface area (Å²) >= 11 is 5.84. The maximum absolute atomic E-state index is 13.5. The van der Waals surface area contributed by atoms with Crippen LogP contribution in [0.4, 0.5) is 0 Å². The molecule has 0 aromatic heterocycles. The van der Waals surface area contributed by atoms with Gasteiger partial charge >= 0.3 is 11.8 Å². The Kier molecular flexibility index (Phi) is 8.12. The Bertz CT molecular complexity index is 1110. The lowest BCUT2D eigenvalue weighted by atomic mass is 10.1. The van der Waals surface area contributed by atoms with E-state index in [-0.39, 0.29) is 24.5 Å². The molecule has 8 nitrogen and oxygen atoms in total. The van der Waals surface area contributed by atoms with Crippen LogP contribution in [0.15, 0.2) is 41.3 Å². The van der Waals surface area contributed by atoms with Gasteiger partial charge in [0.05, 0.1) is 18.0 Å². The Balaban J connectivity index is 1.65. The summed E-state index contributed by atoms with van der Waals surface area (Å²) in [6.45, 7) is 6.08. The van der Waals surface area contributed by atoms with Crippen molar-refractivity contribution in [3.63, 3.8) is 0 Å². The van der Waals surface area contributed by atoms with Gasteiger partial charge in [-0.1, -0.05) is 41.4 Å². The standard InChI is InChI=1S/C23H28ClN3O5S/c1-15-11-16(2)21(17(3)12-15)33(30,31)27-9-4-10-32-20(27)14-26-23(29)22(28)25-13-18-5-7-19(24)8-6-18/h5-8,11-12,20H,4,9-10,13-14H2,1-3H3,(H,25,28)(H,26,29). The number of amides is 2. The van der Waals surface area contributed by atoms with E-state index >= 15 is 0 Å². The largest absolute Gasteiger partial charge is 0.360 e. The van der Waals surface area contributed by atoms with Crippen LogP contribution in [0.2, 0.25) is 5.02 Å². The van der Waals surface area contributed by atoms with E-state index in [1.165, 1.54) is 4.31 Å². The first-order chi connectivity index (χ1) is 15.6. The molecule has 2 aromatic rings. The summed E-state index contributed by atoms with van der Waals surface area (Å²) < 4.78 is 33.8. The molecular formula is C23H28ClN3O5S. The number of aryl methyl sites for hydroxylation is 3. The minimum Gasteiger partial charge on any atom is -0.360 e. The van der Waals surface area contributed by atoms with Gasteiger partial charge < -0.3 is 15.4 Å². The summed E-state index contributed by atoms with van der Waals surface area (Å²) in [6.07, 6.45) is -0.369. The zero-order valence-corrected chi connectivity index (χ0v) is 20.4. The van der Waals surface area contributed by atoms with Crippen LogP contribution in [0.5, 0.6) is 0 Å². The first kappa shape index (κ1) is 25.2.